The van der Waals surface area contributed by atoms with Crippen molar-refractivity contribution >= 4 is 52.3 Å². The van der Waals surface area contributed by atoms with Gasteiger partial charge in [-0.1, -0.05) is 13.0 Å². The van der Waals surface area contributed by atoms with Crippen molar-refractivity contribution in [2.75, 3.05) is 62.3 Å². The number of nitrogens with one attached hydrogen (secondary N) is 1. The summed E-state index contributed by atoms with van der Waals surface area (Å²) < 4.78 is 13.3. The third-order valence-electron chi connectivity index (χ3n) is 6.92. The highest BCUT2D eigenvalue weighted by Crippen LogP contribution is 2.30. The molecule has 2 amide bonds. The van der Waals surface area contributed by atoms with Gasteiger partial charge in [-0.2, -0.15) is 0 Å². The first-order chi connectivity index (χ1) is 17.9. The van der Waals surface area contributed by atoms with E-state index in [4.69, 9.17) is 12.2 Å². The molecule has 2 aliphatic rings. The van der Waals surface area contributed by atoms with E-state index in [0.717, 1.165) is 50.6 Å². The Bertz CT molecular complexity index is 1110. The predicted octanol–water partition coefficient (Wildman–Crippen LogP) is 3.91. The van der Waals surface area contributed by atoms with Gasteiger partial charge < -0.3 is 20.0 Å². The van der Waals surface area contributed by atoms with Crippen molar-refractivity contribution in [3.05, 3.63) is 54.3 Å². The normalized spacial score (nSPS) is 19.1. The number of amides is 2. The van der Waals surface area contributed by atoms with Gasteiger partial charge in [-0.25, -0.2) is 4.39 Å². The van der Waals surface area contributed by atoms with Crippen LogP contribution in [-0.2, 0) is 9.59 Å². The fraction of sp³-hybridized carbons (Fsp3) is 0.444. The SMILES string of the molecule is CCN1CCN(CCCN2C(=S)N(c3cccc(SC)c3)C(=O)[C@@H]2CC(=O)Nc2ccc(F)cc2)CC1. The summed E-state index contributed by atoms with van der Waals surface area (Å²) in [6, 6.07) is 12.6. The van der Waals surface area contributed by atoms with Crippen LogP contribution >= 0.6 is 24.0 Å². The first kappa shape index (κ1) is 27.5. The lowest BCUT2D eigenvalue weighted by atomic mass is 10.1. The van der Waals surface area contributed by atoms with Gasteiger partial charge in [0.15, 0.2) is 5.11 Å². The van der Waals surface area contributed by atoms with Crippen molar-refractivity contribution in [1.82, 2.24) is 14.7 Å². The van der Waals surface area contributed by atoms with Gasteiger partial charge in [-0.3, -0.25) is 14.5 Å². The van der Waals surface area contributed by atoms with Crippen molar-refractivity contribution in [3.63, 3.8) is 0 Å². The van der Waals surface area contributed by atoms with Crippen LogP contribution in [0.15, 0.2) is 53.4 Å². The van der Waals surface area contributed by atoms with E-state index in [2.05, 4.69) is 22.0 Å². The third kappa shape index (κ3) is 6.87. The zero-order valence-corrected chi connectivity index (χ0v) is 23.0. The Kier molecular flexibility index (Phi) is 9.53. The van der Waals surface area contributed by atoms with Gasteiger partial charge in [0.25, 0.3) is 5.91 Å². The summed E-state index contributed by atoms with van der Waals surface area (Å²) in [6.07, 6.45) is 2.79. The number of hydrogen-bond acceptors (Lipinski definition) is 6. The molecule has 198 valence electrons. The highest BCUT2D eigenvalue weighted by molar-refractivity contribution is 7.98. The molecular formula is C27H34FN5O2S2. The molecule has 0 aromatic heterocycles. The van der Waals surface area contributed by atoms with Crippen LogP contribution in [0.1, 0.15) is 19.8 Å². The average Bonchev–Trinajstić information content (AvgIpc) is 3.14. The second kappa shape index (κ2) is 12.8. The smallest absolute Gasteiger partial charge is 0.256 e. The van der Waals surface area contributed by atoms with Crippen LogP contribution in [0.25, 0.3) is 0 Å². The number of benzene rings is 2. The average molecular weight is 544 g/mol. The molecule has 2 fully saturated rings. The lowest BCUT2D eigenvalue weighted by Gasteiger charge is -2.34. The molecule has 7 nitrogen and oxygen atoms in total. The Morgan fingerprint density at radius 1 is 1.08 bits per heavy atom. The summed E-state index contributed by atoms with van der Waals surface area (Å²) in [5.41, 5.74) is 1.20. The van der Waals surface area contributed by atoms with Crippen LogP contribution in [0.5, 0.6) is 0 Å². The Labute approximate surface area is 228 Å². The second-order valence-corrected chi connectivity index (χ2v) is 10.5. The topological polar surface area (TPSA) is 59.1 Å². The number of rotatable bonds is 10. The van der Waals surface area contributed by atoms with Crippen molar-refractivity contribution in [1.29, 1.82) is 0 Å². The van der Waals surface area contributed by atoms with Crippen LogP contribution in [0.2, 0.25) is 0 Å². The van der Waals surface area contributed by atoms with Crippen LogP contribution < -0.4 is 10.2 Å². The quantitative estimate of drug-likeness (QED) is 0.360. The van der Waals surface area contributed by atoms with E-state index in [1.54, 1.807) is 16.7 Å². The van der Waals surface area contributed by atoms with Crippen LogP contribution in [0, 0.1) is 5.82 Å². The maximum atomic E-state index is 13.6. The minimum atomic E-state index is -0.692. The lowest BCUT2D eigenvalue weighted by Crippen LogP contribution is -2.47. The summed E-state index contributed by atoms with van der Waals surface area (Å²) in [5.74, 6) is -0.887. The first-order valence-electron chi connectivity index (χ1n) is 12.7. The van der Waals surface area contributed by atoms with Crippen molar-refractivity contribution < 1.29 is 14.0 Å². The molecule has 0 unspecified atom stereocenters. The van der Waals surface area contributed by atoms with Crippen LogP contribution in [0.3, 0.4) is 0 Å². The van der Waals surface area contributed by atoms with E-state index >= 15 is 0 Å². The van der Waals surface area contributed by atoms with Gasteiger partial charge in [0.05, 0.1) is 12.1 Å². The molecule has 37 heavy (non-hydrogen) atoms. The maximum Gasteiger partial charge on any atom is 0.256 e. The van der Waals surface area contributed by atoms with E-state index in [1.807, 2.05) is 35.4 Å². The van der Waals surface area contributed by atoms with E-state index in [9.17, 15) is 14.0 Å². The van der Waals surface area contributed by atoms with Crippen LogP contribution in [-0.4, -0.2) is 89.7 Å². The molecule has 1 atom stereocenters. The zero-order chi connectivity index (χ0) is 26.4. The molecule has 1 N–H and O–H groups in total. The molecule has 2 aliphatic heterocycles. The van der Waals surface area contributed by atoms with Crippen LogP contribution in [0.4, 0.5) is 15.8 Å². The monoisotopic (exact) mass is 543 g/mol. The van der Waals surface area contributed by atoms with Gasteiger partial charge in [0.2, 0.25) is 5.91 Å². The Morgan fingerprint density at radius 2 is 1.78 bits per heavy atom. The molecule has 0 saturated carbocycles. The molecule has 2 heterocycles. The molecule has 0 aliphatic carbocycles. The van der Waals surface area contributed by atoms with Gasteiger partial charge >= 0.3 is 0 Å². The highest BCUT2D eigenvalue weighted by Gasteiger charge is 2.44. The molecule has 2 aromatic rings. The molecule has 4 rings (SSSR count). The summed E-state index contributed by atoms with van der Waals surface area (Å²) in [6.45, 7) is 8.99. The summed E-state index contributed by atoms with van der Waals surface area (Å²) >= 11 is 7.40. The molecule has 0 bridgehead atoms. The predicted molar refractivity (Wildman–Crippen MR) is 152 cm³/mol. The number of carbonyl (C=O) groups excluding carboxylic acids is 2. The van der Waals surface area contributed by atoms with Gasteiger partial charge in [-0.05, 0) is 80.4 Å². The number of nitrogens with zero attached hydrogens (tertiary/aromatic N) is 4. The first-order valence-corrected chi connectivity index (χ1v) is 14.3. The summed E-state index contributed by atoms with van der Waals surface area (Å²) in [5, 5.41) is 3.21. The van der Waals surface area contributed by atoms with E-state index in [-0.39, 0.29) is 24.1 Å². The number of halogens is 1. The Morgan fingerprint density at radius 3 is 2.46 bits per heavy atom. The molecule has 2 aromatic carbocycles. The molecule has 2 saturated heterocycles. The van der Waals surface area contributed by atoms with Crippen molar-refractivity contribution in [2.45, 2.75) is 30.7 Å². The van der Waals surface area contributed by atoms with Gasteiger partial charge in [0.1, 0.15) is 11.9 Å². The van der Waals surface area contributed by atoms with E-state index < -0.39 is 6.04 Å². The minimum absolute atomic E-state index is 0.0375. The van der Waals surface area contributed by atoms with Crippen molar-refractivity contribution in [3.8, 4) is 0 Å². The molecule has 0 spiro atoms. The minimum Gasteiger partial charge on any atom is -0.336 e. The third-order valence-corrected chi connectivity index (χ3v) is 8.06. The van der Waals surface area contributed by atoms with Gasteiger partial charge in [-0.15, -0.1) is 11.8 Å². The Balaban J connectivity index is 1.46. The standard InChI is InChI=1S/C27H34FN5O2S2/c1-3-30-14-16-31(17-15-30)12-5-13-32-24(19-25(34)29-21-10-8-20(28)9-11-21)26(35)33(27(32)36)22-6-4-7-23(18-22)37-2/h4,6-11,18,24H,3,5,12-17,19H2,1-2H3,(H,29,34)/t24-/m0/s1. The number of piperazine rings is 1. The summed E-state index contributed by atoms with van der Waals surface area (Å²) in [7, 11) is 0. The maximum absolute atomic E-state index is 13.6. The van der Waals surface area contributed by atoms with E-state index in [1.165, 1.54) is 24.3 Å². The fourth-order valence-electron chi connectivity index (χ4n) is 4.79. The Hall–Kier alpha value is -2.53. The fourth-order valence-corrected chi connectivity index (χ4v) is 5.66. The molecule has 0 radical (unpaired) electrons. The number of likely N-dealkylation sites (N-methyl/N-ethyl adjacent to an activating group) is 1. The number of thioether (sulfide) groups is 1. The lowest BCUT2D eigenvalue weighted by molar-refractivity contribution is -0.124. The van der Waals surface area contributed by atoms with Crippen molar-refractivity contribution in [2.24, 2.45) is 0 Å². The summed E-state index contributed by atoms with van der Waals surface area (Å²) in [4.78, 5) is 35.9. The number of hydrogen-bond donors (Lipinski definition) is 1. The highest BCUT2D eigenvalue weighted by atomic mass is 32.2. The molecular weight excluding hydrogens is 509 g/mol. The second-order valence-electron chi connectivity index (χ2n) is 9.26. The largest absolute Gasteiger partial charge is 0.336 e. The van der Waals surface area contributed by atoms with E-state index in [0.29, 0.717) is 23.0 Å². The molecule has 10 heteroatoms. The number of carbonyl (C=O) groups is 2. The number of anilines is 2. The zero-order valence-electron chi connectivity index (χ0n) is 21.4. The number of thiocarbonyl (C=S) groups is 1. The van der Waals surface area contributed by atoms with Gasteiger partial charge in [0, 0.05) is 43.3 Å².